The maximum atomic E-state index is 9.97. The summed E-state index contributed by atoms with van der Waals surface area (Å²) in [6.07, 6.45) is 6.94. The van der Waals surface area contributed by atoms with Crippen LogP contribution in [-0.2, 0) is 5.41 Å². The number of rotatable bonds is 2. The summed E-state index contributed by atoms with van der Waals surface area (Å²) in [5, 5.41) is 9.97. The van der Waals surface area contributed by atoms with Crippen LogP contribution in [0.25, 0.3) is 0 Å². The number of allylic oxidation sites excluding steroid dienone is 2. The van der Waals surface area contributed by atoms with Crippen LogP contribution in [0.3, 0.4) is 0 Å². The first kappa shape index (κ1) is 12.2. The third kappa shape index (κ3) is 2.38. The summed E-state index contributed by atoms with van der Waals surface area (Å²) in [7, 11) is 0. The van der Waals surface area contributed by atoms with E-state index in [-0.39, 0.29) is 5.41 Å². The van der Waals surface area contributed by atoms with Gasteiger partial charge in [-0.05, 0) is 30.7 Å². The Hall–Kier alpha value is -1.24. The molecule has 0 saturated carbocycles. The fourth-order valence-corrected chi connectivity index (χ4v) is 2.72. The molecular formula is C16H22O. The Morgan fingerprint density at radius 3 is 2.53 bits per heavy atom. The van der Waals surface area contributed by atoms with Crippen molar-refractivity contribution >= 4 is 0 Å². The summed E-state index contributed by atoms with van der Waals surface area (Å²) in [5.74, 6) is 1.82. The van der Waals surface area contributed by atoms with Crippen molar-refractivity contribution in [3.8, 4) is 5.75 Å². The van der Waals surface area contributed by atoms with E-state index in [9.17, 15) is 5.11 Å². The molecule has 92 valence electrons. The van der Waals surface area contributed by atoms with E-state index < -0.39 is 0 Å². The molecule has 2 unspecified atom stereocenters. The van der Waals surface area contributed by atoms with Crippen molar-refractivity contribution < 1.29 is 5.11 Å². The quantitative estimate of drug-likeness (QED) is 0.752. The van der Waals surface area contributed by atoms with Gasteiger partial charge in [0.1, 0.15) is 5.75 Å². The van der Waals surface area contributed by atoms with Crippen molar-refractivity contribution in [2.24, 2.45) is 11.8 Å². The highest BCUT2D eigenvalue weighted by Gasteiger charge is 2.30. The third-order valence-electron chi connectivity index (χ3n) is 4.08. The predicted molar refractivity (Wildman–Crippen MR) is 72.2 cm³/mol. The zero-order chi connectivity index (χ0) is 12.5. The molecule has 0 aromatic heterocycles. The molecular weight excluding hydrogens is 208 g/mol. The monoisotopic (exact) mass is 230 g/mol. The number of hydrogen-bond acceptors (Lipinski definition) is 1. The number of aromatic hydroxyl groups is 1. The Morgan fingerprint density at radius 1 is 1.29 bits per heavy atom. The van der Waals surface area contributed by atoms with Crippen LogP contribution in [0.5, 0.6) is 5.75 Å². The van der Waals surface area contributed by atoms with E-state index in [0.717, 1.165) is 12.0 Å². The fraction of sp³-hybridized carbons (Fsp3) is 0.500. The van der Waals surface area contributed by atoms with Crippen molar-refractivity contribution in [2.45, 2.75) is 39.0 Å². The lowest BCUT2D eigenvalue weighted by atomic mass is 9.70. The lowest BCUT2D eigenvalue weighted by molar-refractivity contribution is 0.350. The minimum absolute atomic E-state index is 0.00324. The van der Waals surface area contributed by atoms with E-state index in [0.29, 0.717) is 17.6 Å². The molecule has 1 aliphatic carbocycles. The molecule has 2 rings (SSSR count). The molecule has 0 radical (unpaired) electrons. The van der Waals surface area contributed by atoms with E-state index in [1.54, 1.807) is 6.07 Å². The van der Waals surface area contributed by atoms with Gasteiger partial charge in [-0.2, -0.15) is 0 Å². The first-order chi connectivity index (χ1) is 8.03. The molecule has 0 heterocycles. The molecule has 1 heteroatoms. The van der Waals surface area contributed by atoms with Gasteiger partial charge in [0.2, 0.25) is 0 Å². The van der Waals surface area contributed by atoms with Crippen LogP contribution < -0.4 is 0 Å². The van der Waals surface area contributed by atoms with Gasteiger partial charge in [0, 0.05) is 11.0 Å². The Morgan fingerprint density at radius 2 is 2.00 bits per heavy atom. The number of benzene rings is 1. The average Bonchev–Trinajstić information content (AvgIpc) is 2.30. The summed E-state index contributed by atoms with van der Waals surface area (Å²) >= 11 is 0. The van der Waals surface area contributed by atoms with E-state index in [4.69, 9.17) is 0 Å². The van der Waals surface area contributed by atoms with E-state index >= 15 is 0 Å². The highest BCUT2D eigenvalue weighted by molar-refractivity contribution is 5.41. The molecule has 0 fully saturated rings. The van der Waals surface area contributed by atoms with Crippen LogP contribution in [0.1, 0.15) is 39.2 Å². The number of phenolic OH excluding ortho intramolecular Hbond substituents is 1. The van der Waals surface area contributed by atoms with Gasteiger partial charge >= 0.3 is 0 Å². The lowest BCUT2D eigenvalue weighted by Gasteiger charge is -2.34. The van der Waals surface area contributed by atoms with Crippen molar-refractivity contribution in [2.75, 3.05) is 0 Å². The van der Waals surface area contributed by atoms with Gasteiger partial charge in [-0.3, -0.25) is 0 Å². The average molecular weight is 230 g/mol. The first-order valence-electron chi connectivity index (χ1n) is 6.51. The molecule has 0 spiro atoms. The van der Waals surface area contributed by atoms with Gasteiger partial charge in [-0.15, -0.1) is 0 Å². The highest BCUT2D eigenvalue weighted by atomic mass is 16.3. The van der Waals surface area contributed by atoms with Crippen LogP contribution in [0.2, 0.25) is 0 Å². The van der Waals surface area contributed by atoms with Crippen molar-refractivity contribution in [1.82, 2.24) is 0 Å². The molecule has 2 atom stereocenters. The van der Waals surface area contributed by atoms with Gasteiger partial charge in [0.05, 0.1) is 0 Å². The summed E-state index contributed by atoms with van der Waals surface area (Å²) < 4.78 is 0. The Bertz CT molecular complexity index is 419. The molecule has 0 bridgehead atoms. The van der Waals surface area contributed by atoms with Crippen molar-refractivity contribution in [3.63, 3.8) is 0 Å². The Labute approximate surface area is 104 Å². The smallest absolute Gasteiger partial charge is 0.119 e. The maximum absolute atomic E-state index is 9.97. The topological polar surface area (TPSA) is 20.2 Å². The van der Waals surface area contributed by atoms with E-state index in [1.165, 1.54) is 6.42 Å². The zero-order valence-electron chi connectivity index (χ0n) is 11.0. The molecule has 17 heavy (non-hydrogen) atoms. The minimum Gasteiger partial charge on any atom is -0.508 e. The van der Waals surface area contributed by atoms with Gasteiger partial charge < -0.3 is 5.11 Å². The zero-order valence-corrected chi connectivity index (χ0v) is 11.0. The second-order valence-electron chi connectivity index (χ2n) is 5.74. The van der Waals surface area contributed by atoms with Crippen molar-refractivity contribution in [1.29, 1.82) is 0 Å². The lowest BCUT2D eigenvalue weighted by Crippen LogP contribution is -2.25. The summed E-state index contributed by atoms with van der Waals surface area (Å²) in [6.45, 7) is 6.77. The van der Waals surface area contributed by atoms with Crippen LogP contribution in [0, 0.1) is 11.8 Å². The molecule has 1 nitrogen and oxygen atoms in total. The minimum atomic E-state index is -0.00324. The second-order valence-corrected chi connectivity index (χ2v) is 5.74. The molecule has 0 amide bonds. The van der Waals surface area contributed by atoms with Gasteiger partial charge in [0.15, 0.2) is 0 Å². The SMILES string of the molecule is CC(C)C1C=CC(C)(c2ccccc2O)CC1. The molecule has 0 saturated heterocycles. The van der Waals surface area contributed by atoms with Crippen LogP contribution >= 0.6 is 0 Å². The number of hydrogen-bond donors (Lipinski definition) is 1. The van der Waals surface area contributed by atoms with Crippen LogP contribution in [0.4, 0.5) is 0 Å². The highest BCUT2D eigenvalue weighted by Crippen LogP contribution is 2.41. The largest absolute Gasteiger partial charge is 0.508 e. The first-order valence-corrected chi connectivity index (χ1v) is 6.51. The number of phenols is 1. The van der Waals surface area contributed by atoms with E-state index in [2.05, 4.69) is 32.9 Å². The van der Waals surface area contributed by atoms with Crippen LogP contribution in [0.15, 0.2) is 36.4 Å². The summed E-state index contributed by atoms with van der Waals surface area (Å²) in [5.41, 5.74) is 1.05. The normalized spacial score (nSPS) is 28.6. The third-order valence-corrected chi connectivity index (χ3v) is 4.08. The standard InChI is InChI=1S/C16H22O/c1-12(2)13-8-10-16(3,11-9-13)14-6-4-5-7-15(14)17/h4-8,10,12-13,17H,9,11H2,1-3H3. The van der Waals surface area contributed by atoms with E-state index in [1.807, 2.05) is 18.2 Å². The molecule has 0 aliphatic heterocycles. The van der Waals surface area contributed by atoms with Gasteiger partial charge in [0.25, 0.3) is 0 Å². The van der Waals surface area contributed by atoms with Gasteiger partial charge in [-0.25, -0.2) is 0 Å². The molecule has 1 aliphatic rings. The molecule has 1 aromatic rings. The Kier molecular flexibility index (Phi) is 3.28. The second kappa shape index (κ2) is 4.56. The fourth-order valence-electron chi connectivity index (χ4n) is 2.72. The molecule has 1 aromatic carbocycles. The van der Waals surface area contributed by atoms with Crippen molar-refractivity contribution in [3.05, 3.63) is 42.0 Å². The summed E-state index contributed by atoms with van der Waals surface area (Å²) in [6, 6.07) is 7.70. The maximum Gasteiger partial charge on any atom is 0.119 e. The van der Waals surface area contributed by atoms with Gasteiger partial charge in [-0.1, -0.05) is 51.1 Å². The predicted octanol–water partition coefficient (Wildman–Crippen LogP) is 4.27. The Balaban J connectivity index is 2.28. The number of para-hydroxylation sites is 1. The molecule has 1 N–H and O–H groups in total. The summed E-state index contributed by atoms with van der Waals surface area (Å²) in [4.78, 5) is 0. The van der Waals surface area contributed by atoms with Crippen LogP contribution in [-0.4, -0.2) is 5.11 Å².